The van der Waals surface area contributed by atoms with Crippen LogP contribution < -0.4 is 4.90 Å². The molecule has 9 nitrogen and oxygen atoms in total. The molecule has 0 bridgehead atoms. The van der Waals surface area contributed by atoms with Crippen molar-refractivity contribution < 1.29 is 19.4 Å². The van der Waals surface area contributed by atoms with Crippen molar-refractivity contribution in [1.82, 2.24) is 19.2 Å². The van der Waals surface area contributed by atoms with Gasteiger partial charge in [-0.3, -0.25) is 9.47 Å². The molecule has 35 heavy (non-hydrogen) atoms. The molecule has 0 atom stereocenters. The molecule has 0 unspecified atom stereocenters. The van der Waals surface area contributed by atoms with Crippen LogP contribution in [0.5, 0.6) is 0 Å². The Bertz CT molecular complexity index is 1420. The molecule has 184 valence electrons. The number of ether oxygens (including phenoxy) is 1. The van der Waals surface area contributed by atoms with Gasteiger partial charge in [0.05, 0.1) is 11.7 Å². The lowest BCUT2D eigenvalue weighted by atomic mass is 10.1. The number of carboxylic acid groups (broad SMARTS) is 1. The summed E-state index contributed by atoms with van der Waals surface area (Å²) in [7, 11) is 0. The zero-order valence-electron chi connectivity index (χ0n) is 20.3. The summed E-state index contributed by atoms with van der Waals surface area (Å²) in [6.07, 6.45) is 2.04. The number of amides is 1. The lowest BCUT2D eigenvalue weighted by molar-refractivity contribution is 0.0579. The van der Waals surface area contributed by atoms with Crippen LogP contribution >= 0.6 is 11.6 Å². The third-order valence-electron chi connectivity index (χ3n) is 5.57. The smallest absolute Gasteiger partial charge is 0.416 e. The van der Waals surface area contributed by atoms with Gasteiger partial charge in [0.25, 0.3) is 0 Å². The summed E-state index contributed by atoms with van der Waals surface area (Å²) < 4.78 is 8.48. The largest absolute Gasteiger partial charge is 0.464 e. The van der Waals surface area contributed by atoms with E-state index >= 15 is 0 Å². The summed E-state index contributed by atoms with van der Waals surface area (Å²) in [4.78, 5) is 31.0. The molecular weight excluding hydrogens is 470 g/mol. The van der Waals surface area contributed by atoms with Crippen molar-refractivity contribution in [1.29, 1.82) is 0 Å². The molecule has 4 rings (SSSR count). The standard InChI is InChI=1S/C25H28ClN5O4/c1-15(2)18-13-27-31-21(12-20(26)28-22(18)31)29(24(34)35-25(3,4)5)11-10-16-14-30(23(32)33)19-9-7-6-8-17(16)19/h6-9,12-15H,10-11H2,1-5H3,(H,32,33). The van der Waals surface area contributed by atoms with Gasteiger partial charge in [-0.25, -0.2) is 14.6 Å². The zero-order valence-corrected chi connectivity index (χ0v) is 21.1. The van der Waals surface area contributed by atoms with E-state index in [1.807, 2.05) is 26.0 Å². The van der Waals surface area contributed by atoms with Crippen LogP contribution in [0.4, 0.5) is 15.4 Å². The van der Waals surface area contributed by atoms with Crippen LogP contribution in [0.25, 0.3) is 16.6 Å². The third-order valence-corrected chi connectivity index (χ3v) is 5.76. The highest BCUT2D eigenvalue weighted by Crippen LogP contribution is 2.28. The van der Waals surface area contributed by atoms with E-state index < -0.39 is 17.8 Å². The molecule has 1 aromatic carbocycles. The molecule has 4 aromatic rings. The second-order valence-electron chi connectivity index (χ2n) is 9.63. The van der Waals surface area contributed by atoms with Crippen molar-refractivity contribution in [3.63, 3.8) is 0 Å². The fraction of sp³-hybridized carbons (Fsp3) is 0.360. The van der Waals surface area contributed by atoms with E-state index in [-0.39, 0.29) is 17.6 Å². The van der Waals surface area contributed by atoms with E-state index in [1.54, 1.807) is 55.9 Å². The minimum Gasteiger partial charge on any atom is -0.464 e. The van der Waals surface area contributed by atoms with Gasteiger partial charge in [0.15, 0.2) is 5.65 Å². The highest BCUT2D eigenvalue weighted by Gasteiger charge is 2.27. The average Bonchev–Trinajstić information content (AvgIpc) is 3.34. The Hall–Kier alpha value is -3.59. The fourth-order valence-corrected chi connectivity index (χ4v) is 4.17. The van der Waals surface area contributed by atoms with Gasteiger partial charge in [-0.05, 0) is 44.7 Å². The monoisotopic (exact) mass is 497 g/mol. The maximum absolute atomic E-state index is 13.4. The Balaban J connectivity index is 1.78. The number of carbonyl (C=O) groups excluding carboxylic acids is 1. The average molecular weight is 498 g/mol. The van der Waals surface area contributed by atoms with Gasteiger partial charge in [-0.2, -0.15) is 9.61 Å². The van der Waals surface area contributed by atoms with Crippen LogP contribution in [0.15, 0.2) is 42.7 Å². The number of hydrogen-bond acceptors (Lipinski definition) is 5. The van der Waals surface area contributed by atoms with Crippen molar-refractivity contribution in [2.24, 2.45) is 0 Å². The Morgan fingerprint density at radius 3 is 2.60 bits per heavy atom. The first-order valence-electron chi connectivity index (χ1n) is 11.3. The quantitative estimate of drug-likeness (QED) is 0.341. The summed E-state index contributed by atoms with van der Waals surface area (Å²) in [6.45, 7) is 9.65. The molecule has 0 radical (unpaired) electrons. The number of fused-ring (bicyclic) bond motifs is 2. The topological polar surface area (TPSA) is 102 Å². The van der Waals surface area contributed by atoms with Crippen LogP contribution in [-0.4, -0.2) is 48.6 Å². The molecular formula is C25H28ClN5O4. The maximum Gasteiger partial charge on any atom is 0.416 e. The van der Waals surface area contributed by atoms with Crippen molar-refractivity contribution in [3.05, 3.63) is 59.0 Å². The SMILES string of the molecule is CC(C)c1cnn2c(N(CCc3cn(C(=O)O)c4ccccc34)C(=O)OC(C)(C)C)cc(Cl)nc12. The number of aromatic nitrogens is 4. The van der Waals surface area contributed by atoms with Gasteiger partial charge in [0.2, 0.25) is 0 Å². The molecule has 1 N–H and O–H groups in total. The molecule has 3 heterocycles. The van der Waals surface area contributed by atoms with Crippen molar-refractivity contribution in [3.8, 4) is 0 Å². The lowest BCUT2D eigenvalue weighted by Gasteiger charge is -2.27. The number of para-hydroxylation sites is 1. The van der Waals surface area contributed by atoms with Gasteiger partial charge in [-0.1, -0.05) is 43.6 Å². The van der Waals surface area contributed by atoms with Crippen molar-refractivity contribution in [2.45, 2.75) is 52.6 Å². The highest BCUT2D eigenvalue weighted by molar-refractivity contribution is 6.29. The van der Waals surface area contributed by atoms with Gasteiger partial charge >= 0.3 is 12.2 Å². The molecule has 0 aliphatic rings. The Morgan fingerprint density at radius 2 is 1.94 bits per heavy atom. The predicted octanol–water partition coefficient (Wildman–Crippen LogP) is 5.97. The number of nitrogens with zero attached hydrogens (tertiary/aromatic N) is 5. The summed E-state index contributed by atoms with van der Waals surface area (Å²) in [5.41, 5.74) is 2.12. The first-order chi connectivity index (χ1) is 16.5. The van der Waals surface area contributed by atoms with Crippen molar-refractivity contribution in [2.75, 3.05) is 11.4 Å². The second-order valence-corrected chi connectivity index (χ2v) is 10.0. The first kappa shape index (κ1) is 24.5. The van der Waals surface area contributed by atoms with Crippen LogP contribution in [0, 0.1) is 0 Å². The fourth-order valence-electron chi connectivity index (χ4n) is 3.99. The molecule has 1 amide bonds. The summed E-state index contributed by atoms with van der Waals surface area (Å²) in [6, 6.07) is 8.84. The normalized spacial score (nSPS) is 12.0. The Morgan fingerprint density at radius 1 is 1.23 bits per heavy atom. The highest BCUT2D eigenvalue weighted by atomic mass is 35.5. The number of hydrogen-bond donors (Lipinski definition) is 1. The molecule has 10 heteroatoms. The van der Waals surface area contributed by atoms with E-state index in [2.05, 4.69) is 10.1 Å². The lowest BCUT2D eigenvalue weighted by Crippen LogP contribution is -2.39. The van der Waals surface area contributed by atoms with Crippen molar-refractivity contribution >= 4 is 46.2 Å². The second kappa shape index (κ2) is 9.22. The van der Waals surface area contributed by atoms with Crippen LogP contribution in [-0.2, 0) is 11.2 Å². The number of halogens is 1. The minimum absolute atomic E-state index is 0.156. The van der Waals surface area contributed by atoms with Gasteiger partial charge in [0.1, 0.15) is 16.6 Å². The summed E-state index contributed by atoms with van der Waals surface area (Å²) >= 11 is 6.37. The first-order valence-corrected chi connectivity index (χ1v) is 11.7. The van der Waals surface area contributed by atoms with Crippen LogP contribution in [0.2, 0.25) is 5.15 Å². The van der Waals surface area contributed by atoms with Gasteiger partial charge in [-0.15, -0.1) is 0 Å². The van der Waals surface area contributed by atoms with E-state index in [0.717, 1.165) is 16.5 Å². The number of anilines is 1. The Kier molecular flexibility index (Phi) is 6.46. The zero-order chi connectivity index (χ0) is 25.5. The van der Waals surface area contributed by atoms with Crippen LogP contribution in [0.1, 0.15) is 51.7 Å². The van der Waals surface area contributed by atoms with Gasteiger partial charge in [0, 0.05) is 29.8 Å². The minimum atomic E-state index is -1.07. The third kappa shape index (κ3) is 4.95. The molecule has 0 saturated carbocycles. The van der Waals surface area contributed by atoms with E-state index in [4.69, 9.17) is 16.3 Å². The Labute approximate surface area is 207 Å². The number of rotatable bonds is 5. The van der Waals surface area contributed by atoms with E-state index in [0.29, 0.717) is 23.4 Å². The number of benzene rings is 1. The summed E-state index contributed by atoms with van der Waals surface area (Å²) in [5, 5.41) is 15.1. The van der Waals surface area contributed by atoms with Crippen LogP contribution in [0.3, 0.4) is 0 Å². The van der Waals surface area contributed by atoms with E-state index in [9.17, 15) is 14.7 Å². The molecule has 0 spiro atoms. The molecule has 0 aliphatic carbocycles. The van der Waals surface area contributed by atoms with Gasteiger partial charge < -0.3 is 9.84 Å². The van der Waals surface area contributed by atoms with E-state index in [1.165, 1.54) is 9.47 Å². The maximum atomic E-state index is 13.4. The summed E-state index contributed by atoms with van der Waals surface area (Å²) in [5.74, 6) is 0.576. The number of carbonyl (C=O) groups is 2. The molecule has 0 saturated heterocycles. The molecule has 3 aromatic heterocycles. The molecule has 0 aliphatic heterocycles. The predicted molar refractivity (Wildman–Crippen MR) is 135 cm³/mol. The molecule has 0 fully saturated rings.